The van der Waals surface area contributed by atoms with Crippen molar-refractivity contribution in [1.29, 1.82) is 0 Å². The number of carbonyl (C=O) groups is 1. The van der Waals surface area contributed by atoms with Crippen LogP contribution in [0.1, 0.15) is 25.3 Å². The van der Waals surface area contributed by atoms with Crippen molar-refractivity contribution < 1.29 is 4.79 Å². The molecule has 5 nitrogen and oxygen atoms in total. The maximum atomic E-state index is 11.9. The molecule has 1 aromatic carbocycles. The zero-order valence-corrected chi connectivity index (χ0v) is 13.0. The number of rotatable bonds is 5. The van der Waals surface area contributed by atoms with Crippen molar-refractivity contribution in [3.63, 3.8) is 0 Å². The summed E-state index contributed by atoms with van der Waals surface area (Å²) in [4.78, 5) is 19.4. The first-order valence-electron chi connectivity index (χ1n) is 6.58. The number of hydrogen-bond donors (Lipinski definition) is 2. The number of benzene rings is 1. The molecule has 1 aliphatic heterocycles. The van der Waals surface area contributed by atoms with E-state index in [4.69, 9.17) is 28.9 Å². The minimum absolute atomic E-state index is 0.0841. The molecule has 1 atom stereocenters. The fraction of sp³-hybridized carbons (Fsp3) is 0.357. The Balaban J connectivity index is 2.36. The molecule has 0 saturated heterocycles. The molecule has 1 amide bonds. The number of amides is 1. The van der Waals surface area contributed by atoms with Crippen LogP contribution in [0, 0.1) is 0 Å². The topological polar surface area (TPSA) is 79.8 Å². The lowest BCUT2D eigenvalue weighted by Crippen LogP contribution is -2.59. The Hall–Kier alpha value is -1.59. The Morgan fingerprint density at radius 3 is 2.62 bits per heavy atom. The Bertz CT molecular complexity index is 586. The van der Waals surface area contributed by atoms with Gasteiger partial charge in [0.15, 0.2) is 16.5 Å². The van der Waals surface area contributed by atoms with E-state index in [1.807, 2.05) is 37.3 Å². The highest BCUT2D eigenvalue weighted by atomic mass is 35.5. The van der Waals surface area contributed by atoms with E-state index < -0.39 is 10.5 Å². The molecule has 0 spiro atoms. The van der Waals surface area contributed by atoms with Crippen molar-refractivity contribution >= 4 is 40.8 Å². The minimum atomic E-state index is -1.40. The van der Waals surface area contributed by atoms with E-state index in [1.54, 1.807) is 0 Å². The summed E-state index contributed by atoms with van der Waals surface area (Å²) in [6.45, 7) is 1.90. The highest BCUT2D eigenvalue weighted by molar-refractivity contribution is 6.47. The summed E-state index contributed by atoms with van der Waals surface area (Å²) in [5.41, 5.74) is 5.32. The van der Waals surface area contributed by atoms with Gasteiger partial charge in [-0.25, -0.2) is 9.98 Å². The first-order chi connectivity index (χ1) is 9.99. The fourth-order valence-corrected chi connectivity index (χ4v) is 2.40. The number of hydrogen-bond acceptors (Lipinski definition) is 4. The summed E-state index contributed by atoms with van der Waals surface area (Å²) < 4.78 is 0. The van der Waals surface area contributed by atoms with E-state index in [-0.39, 0.29) is 11.7 Å². The largest absolute Gasteiger partial charge is 0.383 e. The third kappa shape index (κ3) is 3.19. The van der Waals surface area contributed by atoms with E-state index in [2.05, 4.69) is 15.3 Å². The second kappa shape index (κ2) is 6.45. The molecule has 0 radical (unpaired) electrons. The highest BCUT2D eigenvalue weighted by Crippen LogP contribution is 2.28. The van der Waals surface area contributed by atoms with Gasteiger partial charge in [0.25, 0.3) is 0 Å². The van der Waals surface area contributed by atoms with E-state index in [0.717, 1.165) is 5.56 Å². The Morgan fingerprint density at radius 2 is 2.05 bits per heavy atom. The lowest BCUT2D eigenvalue weighted by atomic mass is 10.1. The molecule has 0 bridgehead atoms. The molecular formula is C14H16Cl2N4O. The van der Waals surface area contributed by atoms with E-state index in [1.165, 1.54) is 0 Å². The highest BCUT2D eigenvalue weighted by Gasteiger charge is 2.46. The molecule has 1 aliphatic rings. The normalized spacial score (nSPS) is 21.1. The molecule has 7 heteroatoms. The van der Waals surface area contributed by atoms with Gasteiger partial charge < -0.3 is 11.1 Å². The molecule has 1 heterocycles. The van der Waals surface area contributed by atoms with Gasteiger partial charge in [0, 0.05) is 12.0 Å². The quantitative estimate of drug-likeness (QED) is 0.813. The van der Waals surface area contributed by atoms with Crippen molar-refractivity contribution in [1.82, 2.24) is 5.32 Å². The van der Waals surface area contributed by atoms with Gasteiger partial charge in [0.05, 0.1) is 0 Å². The van der Waals surface area contributed by atoms with Gasteiger partial charge in [-0.3, -0.25) is 4.79 Å². The number of halogens is 2. The average Bonchev–Trinajstić information content (AvgIpc) is 2.78. The van der Waals surface area contributed by atoms with Gasteiger partial charge in [-0.2, -0.15) is 0 Å². The van der Waals surface area contributed by atoms with Gasteiger partial charge in [-0.15, -0.1) is 0 Å². The molecule has 0 aromatic heterocycles. The molecule has 2 rings (SSSR count). The number of nitrogens with two attached hydrogens (primary N) is 1. The maximum Gasteiger partial charge on any atom is 0.222 e. The fourth-order valence-electron chi connectivity index (χ4n) is 1.97. The lowest BCUT2D eigenvalue weighted by molar-refractivity contribution is -0.122. The van der Waals surface area contributed by atoms with Gasteiger partial charge >= 0.3 is 0 Å². The predicted octanol–water partition coefficient (Wildman–Crippen LogP) is 2.22. The molecule has 21 heavy (non-hydrogen) atoms. The standard InChI is InChI=1S/C14H16Cl2N4O/c1-2-6-10(21)19-14(12(15)16)13(17)18-11(20-14)9-7-4-3-5-8-9/h3-5,7-8,12H,2,6H2,1H3,(H,19,21)(H2,17,18,20). The molecule has 3 N–H and O–H groups in total. The second-order valence-corrected chi connectivity index (χ2v) is 5.76. The van der Waals surface area contributed by atoms with Crippen molar-refractivity contribution in [2.45, 2.75) is 30.3 Å². The summed E-state index contributed by atoms with van der Waals surface area (Å²) in [6.07, 6.45) is 1.04. The van der Waals surface area contributed by atoms with Crippen LogP contribution in [-0.4, -0.2) is 28.1 Å². The Labute approximate surface area is 133 Å². The molecule has 1 aromatic rings. The molecule has 0 aliphatic carbocycles. The van der Waals surface area contributed by atoms with Crippen LogP contribution in [0.3, 0.4) is 0 Å². The van der Waals surface area contributed by atoms with E-state index in [0.29, 0.717) is 18.7 Å². The first-order valence-corrected chi connectivity index (χ1v) is 7.46. The average molecular weight is 327 g/mol. The van der Waals surface area contributed by atoms with Crippen molar-refractivity contribution in [3.05, 3.63) is 35.9 Å². The number of alkyl halides is 2. The monoisotopic (exact) mass is 326 g/mol. The Kier molecular flexibility index (Phi) is 4.85. The van der Waals surface area contributed by atoms with Gasteiger partial charge in [0.2, 0.25) is 11.6 Å². The van der Waals surface area contributed by atoms with E-state index >= 15 is 0 Å². The van der Waals surface area contributed by atoms with Gasteiger partial charge in [0.1, 0.15) is 0 Å². The Morgan fingerprint density at radius 1 is 1.38 bits per heavy atom. The van der Waals surface area contributed by atoms with Crippen LogP contribution in [0.25, 0.3) is 0 Å². The maximum absolute atomic E-state index is 11.9. The number of amidine groups is 2. The lowest BCUT2D eigenvalue weighted by Gasteiger charge is -2.28. The summed E-state index contributed by atoms with van der Waals surface area (Å²) in [6, 6.07) is 9.29. The smallest absolute Gasteiger partial charge is 0.222 e. The third-order valence-electron chi connectivity index (χ3n) is 3.05. The van der Waals surface area contributed by atoms with Crippen LogP contribution in [0.5, 0.6) is 0 Å². The second-order valence-electron chi connectivity index (χ2n) is 4.66. The number of aliphatic imine (C=N–C) groups is 2. The molecule has 1 unspecified atom stereocenters. The number of nitrogens with zero attached hydrogens (tertiary/aromatic N) is 2. The number of carbonyl (C=O) groups excluding carboxylic acids is 1. The van der Waals surface area contributed by atoms with Crippen LogP contribution in [0.4, 0.5) is 0 Å². The molecular weight excluding hydrogens is 311 g/mol. The molecule has 0 fully saturated rings. The third-order valence-corrected chi connectivity index (χ3v) is 3.69. The predicted molar refractivity (Wildman–Crippen MR) is 85.9 cm³/mol. The first kappa shape index (κ1) is 15.8. The summed E-state index contributed by atoms with van der Waals surface area (Å²) in [5.74, 6) is 0.261. The molecule has 112 valence electrons. The van der Waals surface area contributed by atoms with Crippen molar-refractivity contribution in [3.8, 4) is 0 Å². The van der Waals surface area contributed by atoms with Crippen LogP contribution >= 0.6 is 23.2 Å². The van der Waals surface area contributed by atoms with Crippen LogP contribution in [0.15, 0.2) is 40.3 Å². The number of nitrogens with one attached hydrogen (secondary N) is 1. The minimum Gasteiger partial charge on any atom is -0.383 e. The SMILES string of the molecule is CCCC(=O)NC1(C(Cl)Cl)N=C(c2ccccc2)N=C1N. The van der Waals surface area contributed by atoms with Gasteiger partial charge in [-0.1, -0.05) is 60.5 Å². The van der Waals surface area contributed by atoms with E-state index in [9.17, 15) is 4.79 Å². The van der Waals surface area contributed by atoms with Crippen molar-refractivity contribution in [2.75, 3.05) is 0 Å². The van der Waals surface area contributed by atoms with Crippen LogP contribution < -0.4 is 11.1 Å². The van der Waals surface area contributed by atoms with Crippen LogP contribution in [-0.2, 0) is 4.79 Å². The van der Waals surface area contributed by atoms with Crippen molar-refractivity contribution in [2.24, 2.45) is 15.7 Å². The summed E-state index contributed by atoms with van der Waals surface area (Å²) in [5, 5.41) is 2.70. The van der Waals surface area contributed by atoms with Crippen LogP contribution in [0.2, 0.25) is 0 Å². The summed E-state index contributed by atoms with van der Waals surface area (Å²) >= 11 is 12.0. The van der Waals surface area contributed by atoms with Gasteiger partial charge in [-0.05, 0) is 6.42 Å². The summed E-state index contributed by atoms with van der Waals surface area (Å²) in [7, 11) is 0. The zero-order valence-electron chi connectivity index (χ0n) is 11.5. The molecule has 0 saturated carbocycles. The zero-order chi connectivity index (χ0) is 15.5.